The summed E-state index contributed by atoms with van der Waals surface area (Å²) in [4.78, 5) is 4.99. The van der Waals surface area contributed by atoms with Crippen LogP contribution >= 0.6 is 0 Å². The van der Waals surface area contributed by atoms with Gasteiger partial charge in [-0.3, -0.25) is 0 Å². The molecule has 0 radical (unpaired) electrons. The second-order valence-electron chi connectivity index (χ2n) is 8.72. The summed E-state index contributed by atoms with van der Waals surface area (Å²) in [5, 5.41) is 2.32. The number of rotatable bonds is 3. The maximum absolute atomic E-state index is 6.90. The third-order valence-electron chi connectivity index (χ3n) is 6.98. The first kappa shape index (κ1) is 19.9. The van der Waals surface area contributed by atoms with Crippen molar-refractivity contribution in [3.63, 3.8) is 0 Å². The van der Waals surface area contributed by atoms with Crippen LogP contribution in [0.3, 0.4) is 0 Å². The van der Waals surface area contributed by atoms with Gasteiger partial charge in [0.1, 0.15) is 5.75 Å². The molecule has 0 fully saturated rings. The van der Waals surface area contributed by atoms with Crippen LogP contribution in [0.5, 0.6) is 23.1 Å². The molecule has 2 aliphatic rings. The summed E-state index contributed by atoms with van der Waals surface area (Å²) < 4.78 is 17.6. The zero-order valence-corrected chi connectivity index (χ0v) is 18.9. The van der Waals surface area contributed by atoms with Crippen LogP contribution in [0.2, 0.25) is 0 Å². The number of anilines is 1. The highest BCUT2D eigenvalue weighted by atomic mass is 16.5. The number of fused-ring (bicyclic) bond motifs is 5. The fourth-order valence-corrected chi connectivity index (χ4v) is 5.40. The van der Waals surface area contributed by atoms with Gasteiger partial charge < -0.3 is 19.9 Å². The molecule has 166 valence electrons. The molecule has 0 amide bonds. The summed E-state index contributed by atoms with van der Waals surface area (Å²) in [5.74, 6) is 2.70. The number of methoxy groups -OCH3 is 2. The van der Waals surface area contributed by atoms with Crippen LogP contribution in [0.15, 0.2) is 54.6 Å². The first-order valence-corrected chi connectivity index (χ1v) is 11.4. The highest BCUT2D eigenvalue weighted by molar-refractivity contribution is 5.91. The first-order valence-electron chi connectivity index (χ1n) is 11.4. The predicted molar refractivity (Wildman–Crippen MR) is 130 cm³/mol. The molecule has 2 N–H and O–H groups in total. The Labute approximate surface area is 193 Å². The molecule has 0 bridgehead atoms. The summed E-state index contributed by atoms with van der Waals surface area (Å²) in [5.41, 5.74) is 13.1. The molecule has 1 atom stereocenters. The first-order chi connectivity index (χ1) is 16.2. The van der Waals surface area contributed by atoms with E-state index < -0.39 is 0 Å². The molecular weight excluding hydrogens is 412 g/mol. The lowest BCUT2D eigenvalue weighted by Gasteiger charge is -2.32. The molecule has 1 unspecified atom stereocenters. The van der Waals surface area contributed by atoms with Crippen molar-refractivity contribution in [2.45, 2.75) is 31.6 Å². The summed E-state index contributed by atoms with van der Waals surface area (Å²) in [6, 6.07) is 18.6. The molecule has 6 rings (SSSR count). The molecule has 33 heavy (non-hydrogen) atoms. The predicted octanol–water partition coefficient (Wildman–Crippen LogP) is 6.00. The van der Waals surface area contributed by atoms with E-state index in [-0.39, 0.29) is 5.92 Å². The maximum atomic E-state index is 6.90. The van der Waals surface area contributed by atoms with E-state index in [9.17, 15) is 0 Å². The van der Waals surface area contributed by atoms with E-state index in [1.165, 1.54) is 10.9 Å². The number of nitrogens with two attached hydrogens (primary N) is 1. The summed E-state index contributed by atoms with van der Waals surface area (Å²) >= 11 is 0. The Kier molecular flexibility index (Phi) is 4.64. The van der Waals surface area contributed by atoms with Crippen LogP contribution in [0, 0.1) is 0 Å². The van der Waals surface area contributed by atoms with Crippen molar-refractivity contribution in [2.75, 3.05) is 20.0 Å². The van der Waals surface area contributed by atoms with Crippen molar-refractivity contribution in [3.05, 3.63) is 82.5 Å². The minimum absolute atomic E-state index is 0.130. The Balaban J connectivity index is 1.67. The van der Waals surface area contributed by atoms with Crippen LogP contribution in [0.25, 0.3) is 10.8 Å². The number of hydrogen-bond donors (Lipinski definition) is 1. The van der Waals surface area contributed by atoms with Crippen molar-refractivity contribution in [3.8, 4) is 23.1 Å². The number of hydrogen-bond acceptors (Lipinski definition) is 5. The number of ether oxygens (including phenoxy) is 3. The van der Waals surface area contributed by atoms with Crippen molar-refractivity contribution in [1.82, 2.24) is 4.98 Å². The molecule has 1 aromatic heterocycles. The monoisotopic (exact) mass is 438 g/mol. The van der Waals surface area contributed by atoms with E-state index in [2.05, 4.69) is 36.4 Å². The van der Waals surface area contributed by atoms with Gasteiger partial charge in [-0.25, -0.2) is 4.98 Å². The molecule has 5 nitrogen and oxygen atoms in total. The zero-order chi connectivity index (χ0) is 22.5. The molecular formula is C28H26N2O3. The van der Waals surface area contributed by atoms with E-state index in [1.54, 1.807) is 14.2 Å². The van der Waals surface area contributed by atoms with Crippen molar-refractivity contribution in [2.24, 2.45) is 0 Å². The number of benzene rings is 3. The molecule has 5 heteroatoms. The molecule has 2 heterocycles. The number of aryl methyl sites for hydroxylation is 1. The Hall–Kier alpha value is -3.73. The number of pyridine rings is 1. The maximum Gasteiger partial charge on any atom is 0.225 e. The van der Waals surface area contributed by atoms with Crippen molar-refractivity contribution >= 4 is 16.5 Å². The molecule has 3 aromatic carbocycles. The Morgan fingerprint density at radius 2 is 1.73 bits per heavy atom. The van der Waals surface area contributed by atoms with Gasteiger partial charge in [0.2, 0.25) is 5.88 Å². The molecule has 0 saturated carbocycles. The highest BCUT2D eigenvalue weighted by Crippen LogP contribution is 2.53. The van der Waals surface area contributed by atoms with Gasteiger partial charge in [-0.2, -0.15) is 0 Å². The van der Waals surface area contributed by atoms with Gasteiger partial charge in [0.05, 0.1) is 14.2 Å². The summed E-state index contributed by atoms with van der Waals surface area (Å²) in [7, 11) is 3.31. The molecule has 0 spiro atoms. The lowest BCUT2D eigenvalue weighted by Crippen LogP contribution is -2.20. The standard InChI is InChI=1S/C28H26N2O3/c1-31-21-13-12-17(15-23(21)32-2)24-25-18-8-4-3-7-16(18)11-14-22(25)33-28-26(24)27(29)19-9-5-6-10-20(19)30-28/h3-4,7-8,11-15,24H,5-6,9-10H2,1-2H3,(H2,29,30). The third kappa shape index (κ3) is 3.03. The van der Waals surface area contributed by atoms with E-state index >= 15 is 0 Å². The van der Waals surface area contributed by atoms with Crippen LogP contribution in [0.4, 0.5) is 5.69 Å². The Bertz CT molecular complexity index is 1400. The van der Waals surface area contributed by atoms with Crippen molar-refractivity contribution in [1.29, 1.82) is 0 Å². The minimum atomic E-state index is -0.130. The Morgan fingerprint density at radius 1 is 0.909 bits per heavy atom. The summed E-state index contributed by atoms with van der Waals surface area (Å²) in [6.45, 7) is 0. The Morgan fingerprint density at radius 3 is 2.58 bits per heavy atom. The summed E-state index contributed by atoms with van der Waals surface area (Å²) in [6.07, 6.45) is 4.18. The molecule has 0 saturated heterocycles. The lowest BCUT2D eigenvalue weighted by atomic mass is 9.79. The number of nitrogens with zero attached hydrogens (tertiary/aromatic N) is 1. The zero-order valence-electron chi connectivity index (χ0n) is 18.9. The van der Waals surface area contributed by atoms with Crippen LogP contribution in [-0.2, 0) is 12.8 Å². The van der Waals surface area contributed by atoms with Crippen LogP contribution < -0.4 is 19.9 Å². The number of aromatic nitrogens is 1. The third-order valence-corrected chi connectivity index (χ3v) is 6.98. The van der Waals surface area contributed by atoms with Gasteiger partial charge in [-0.15, -0.1) is 0 Å². The lowest BCUT2D eigenvalue weighted by molar-refractivity contribution is 0.354. The quantitative estimate of drug-likeness (QED) is 0.374. The van der Waals surface area contributed by atoms with E-state index in [4.69, 9.17) is 24.9 Å². The largest absolute Gasteiger partial charge is 0.493 e. The fourth-order valence-electron chi connectivity index (χ4n) is 5.40. The van der Waals surface area contributed by atoms with Gasteiger partial charge in [0.25, 0.3) is 0 Å². The van der Waals surface area contributed by atoms with Gasteiger partial charge in [-0.1, -0.05) is 36.4 Å². The van der Waals surface area contributed by atoms with E-state index in [1.807, 2.05) is 18.2 Å². The van der Waals surface area contributed by atoms with Gasteiger partial charge >= 0.3 is 0 Å². The molecule has 1 aliphatic heterocycles. The fraction of sp³-hybridized carbons (Fsp3) is 0.250. The SMILES string of the molecule is COc1ccc(C2c3c(nc4c(c3N)CCCC4)Oc3ccc4ccccc4c32)cc1OC. The number of nitrogen functional groups attached to an aromatic ring is 1. The second kappa shape index (κ2) is 7.69. The van der Waals surface area contributed by atoms with Crippen LogP contribution in [-0.4, -0.2) is 19.2 Å². The topological polar surface area (TPSA) is 66.6 Å². The average molecular weight is 439 g/mol. The van der Waals surface area contributed by atoms with E-state index in [0.717, 1.165) is 64.9 Å². The average Bonchev–Trinajstić information content (AvgIpc) is 2.87. The van der Waals surface area contributed by atoms with E-state index in [0.29, 0.717) is 17.4 Å². The minimum Gasteiger partial charge on any atom is -0.493 e. The van der Waals surface area contributed by atoms with Crippen molar-refractivity contribution < 1.29 is 14.2 Å². The van der Waals surface area contributed by atoms with Crippen LogP contribution in [0.1, 0.15) is 46.7 Å². The smallest absolute Gasteiger partial charge is 0.225 e. The second-order valence-corrected chi connectivity index (χ2v) is 8.72. The van der Waals surface area contributed by atoms with Gasteiger partial charge in [0, 0.05) is 28.4 Å². The highest BCUT2D eigenvalue weighted by Gasteiger charge is 2.36. The normalized spacial score (nSPS) is 16.4. The molecule has 4 aromatic rings. The van der Waals surface area contributed by atoms with Gasteiger partial charge in [0.15, 0.2) is 11.5 Å². The van der Waals surface area contributed by atoms with Gasteiger partial charge in [-0.05, 0) is 65.8 Å². The molecule has 1 aliphatic carbocycles.